The van der Waals surface area contributed by atoms with Gasteiger partial charge in [-0.1, -0.05) is 53.0 Å². The summed E-state index contributed by atoms with van der Waals surface area (Å²) in [5.74, 6) is 0. The summed E-state index contributed by atoms with van der Waals surface area (Å²) >= 11 is 12.6. The van der Waals surface area contributed by atoms with Crippen molar-refractivity contribution in [1.29, 1.82) is 0 Å². The van der Waals surface area contributed by atoms with Crippen LogP contribution in [0.4, 0.5) is 0 Å². The first-order chi connectivity index (χ1) is 16.0. The van der Waals surface area contributed by atoms with Crippen LogP contribution in [-0.4, -0.2) is 28.6 Å². The van der Waals surface area contributed by atoms with Crippen molar-refractivity contribution >= 4 is 23.2 Å². The van der Waals surface area contributed by atoms with Crippen molar-refractivity contribution in [2.24, 2.45) is 0 Å². The van der Waals surface area contributed by atoms with Gasteiger partial charge in [0, 0.05) is 28.0 Å². The summed E-state index contributed by atoms with van der Waals surface area (Å²) in [6, 6.07) is 11.9. The van der Waals surface area contributed by atoms with Gasteiger partial charge in [-0.25, -0.2) is 4.98 Å². The Morgan fingerprint density at radius 1 is 1.15 bits per heavy atom. The second-order valence-electron chi connectivity index (χ2n) is 8.61. The van der Waals surface area contributed by atoms with Gasteiger partial charge in [0.2, 0.25) is 0 Å². The van der Waals surface area contributed by atoms with Crippen LogP contribution in [0.15, 0.2) is 55.1 Å². The maximum Gasteiger partial charge on any atom is 0.158 e. The highest BCUT2D eigenvalue weighted by Gasteiger charge is 2.27. The Labute approximate surface area is 205 Å². The van der Waals surface area contributed by atoms with Gasteiger partial charge >= 0.3 is 0 Å². The van der Waals surface area contributed by atoms with E-state index in [-0.39, 0.29) is 18.5 Å². The van der Waals surface area contributed by atoms with Gasteiger partial charge in [0.1, 0.15) is 6.10 Å². The molecule has 0 aliphatic carbocycles. The summed E-state index contributed by atoms with van der Waals surface area (Å²) in [6.07, 6.45) is 7.63. The topological polar surface area (TPSA) is 45.5 Å². The molecule has 5 nitrogen and oxygen atoms in total. The standard InChI is InChI=1S/C26H30Cl2N2O3/c1-18-6-7-20(19(2)12-18)15-31-16-22-4-3-5-26(32-22)33-25(14-30-11-10-29-17-30)23-9-8-21(27)13-24(23)28/h6-13,17,22,25-26H,3-5,14-16H2,1-2H3. The molecule has 3 unspecified atom stereocenters. The van der Waals surface area contributed by atoms with Gasteiger partial charge < -0.3 is 18.8 Å². The smallest absolute Gasteiger partial charge is 0.158 e. The first-order valence-electron chi connectivity index (χ1n) is 11.3. The monoisotopic (exact) mass is 488 g/mol. The quantitative estimate of drug-likeness (QED) is 0.337. The molecule has 1 fully saturated rings. The zero-order valence-electron chi connectivity index (χ0n) is 19.0. The van der Waals surface area contributed by atoms with Crippen LogP contribution in [0.1, 0.15) is 47.6 Å². The third-order valence-electron chi connectivity index (χ3n) is 5.93. The normalized spacial score (nSPS) is 19.5. The van der Waals surface area contributed by atoms with Crippen LogP contribution < -0.4 is 0 Å². The number of nitrogens with zero attached hydrogens (tertiary/aromatic N) is 2. The number of aromatic nitrogens is 2. The van der Waals surface area contributed by atoms with Gasteiger partial charge in [-0.3, -0.25) is 0 Å². The highest BCUT2D eigenvalue weighted by Crippen LogP contribution is 2.33. The average molecular weight is 489 g/mol. The number of imidazole rings is 1. The van der Waals surface area contributed by atoms with Crippen molar-refractivity contribution in [2.45, 2.75) is 64.8 Å². The minimum Gasteiger partial charge on any atom is -0.374 e. The number of hydrogen-bond acceptors (Lipinski definition) is 4. The van der Waals surface area contributed by atoms with Crippen molar-refractivity contribution < 1.29 is 14.2 Å². The minimum atomic E-state index is -0.325. The Bertz CT molecular complexity index is 1040. The van der Waals surface area contributed by atoms with Crippen molar-refractivity contribution in [3.8, 4) is 0 Å². The average Bonchev–Trinajstić information content (AvgIpc) is 3.28. The van der Waals surface area contributed by atoms with Gasteiger partial charge in [-0.15, -0.1) is 0 Å². The molecule has 3 aromatic rings. The lowest BCUT2D eigenvalue weighted by Gasteiger charge is -2.33. The SMILES string of the molecule is Cc1ccc(COCC2CCCC(OC(Cn3ccnc3)c3ccc(Cl)cc3Cl)O2)c(C)c1. The fourth-order valence-electron chi connectivity index (χ4n) is 4.14. The summed E-state index contributed by atoms with van der Waals surface area (Å²) in [6.45, 7) is 5.93. The third-order valence-corrected chi connectivity index (χ3v) is 6.49. The number of hydrogen-bond donors (Lipinski definition) is 0. The lowest BCUT2D eigenvalue weighted by atomic mass is 10.1. The number of rotatable bonds is 9. The number of benzene rings is 2. The maximum absolute atomic E-state index is 6.51. The van der Waals surface area contributed by atoms with Crippen molar-refractivity contribution in [3.05, 3.63) is 87.4 Å². The zero-order chi connectivity index (χ0) is 23.2. The molecule has 2 heterocycles. The molecule has 1 aliphatic heterocycles. The molecule has 7 heteroatoms. The van der Waals surface area contributed by atoms with Crippen molar-refractivity contribution in [1.82, 2.24) is 9.55 Å². The molecule has 1 saturated heterocycles. The molecule has 0 radical (unpaired) electrons. The van der Waals surface area contributed by atoms with Crippen LogP contribution in [0.2, 0.25) is 10.0 Å². The Morgan fingerprint density at radius 3 is 2.79 bits per heavy atom. The summed E-state index contributed by atoms with van der Waals surface area (Å²) < 4.78 is 20.7. The van der Waals surface area contributed by atoms with Gasteiger partial charge in [-0.2, -0.15) is 0 Å². The van der Waals surface area contributed by atoms with Crippen LogP contribution in [0.3, 0.4) is 0 Å². The van der Waals surface area contributed by atoms with E-state index in [0.717, 1.165) is 24.8 Å². The highest BCUT2D eigenvalue weighted by atomic mass is 35.5. The second-order valence-corrected chi connectivity index (χ2v) is 9.46. The van der Waals surface area contributed by atoms with E-state index in [2.05, 4.69) is 37.0 Å². The molecule has 1 aliphatic rings. The molecule has 3 atom stereocenters. The Morgan fingerprint density at radius 2 is 2.03 bits per heavy atom. The van der Waals surface area contributed by atoms with E-state index in [1.807, 2.05) is 22.9 Å². The van der Waals surface area contributed by atoms with Crippen LogP contribution in [0.5, 0.6) is 0 Å². The summed E-state index contributed by atoms with van der Waals surface area (Å²) in [4.78, 5) is 4.14. The predicted molar refractivity (Wildman–Crippen MR) is 131 cm³/mol. The molecule has 0 spiro atoms. The van der Waals surface area contributed by atoms with E-state index in [9.17, 15) is 0 Å². The molecule has 2 aromatic carbocycles. The molecule has 0 bridgehead atoms. The summed E-state index contributed by atoms with van der Waals surface area (Å²) in [5.41, 5.74) is 4.61. The fourth-order valence-corrected chi connectivity index (χ4v) is 4.67. The summed E-state index contributed by atoms with van der Waals surface area (Å²) in [7, 11) is 0. The minimum absolute atomic E-state index is 0.00379. The van der Waals surface area contributed by atoms with Gasteiger partial charge in [0.15, 0.2) is 6.29 Å². The molecule has 4 rings (SSSR count). The van der Waals surface area contributed by atoms with Gasteiger partial charge in [0.25, 0.3) is 0 Å². The zero-order valence-corrected chi connectivity index (χ0v) is 20.6. The van der Waals surface area contributed by atoms with Crippen LogP contribution >= 0.6 is 23.2 Å². The number of halogens is 2. The second kappa shape index (κ2) is 11.5. The van der Waals surface area contributed by atoms with E-state index in [0.29, 0.717) is 29.8 Å². The van der Waals surface area contributed by atoms with Crippen molar-refractivity contribution in [2.75, 3.05) is 6.61 Å². The molecule has 0 amide bonds. The first kappa shape index (κ1) is 24.2. The van der Waals surface area contributed by atoms with E-state index in [1.165, 1.54) is 16.7 Å². The van der Waals surface area contributed by atoms with Crippen molar-refractivity contribution in [3.63, 3.8) is 0 Å². The molecular formula is C26H30Cl2N2O3. The lowest BCUT2D eigenvalue weighted by Crippen LogP contribution is -2.34. The number of aryl methyl sites for hydroxylation is 2. The largest absolute Gasteiger partial charge is 0.374 e. The van der Waals surface area contributed by atoms with E-state index in [1.54, 1.807) is 18.6 Å². The Kier molecular flexibility index (Phi) is 8.45. The molecule has 33 heavy (non-hydrogen) atoms. The molecule has 176 valence electrons. The lowest BCUT2D eigenvalue weighted by molar-refractivity contribution is -0.227. The number of ether oxygens (including phenoxy) is 3. The van der Waals surface area contributed by atoms with Crippen LogP contribution in [0, 0.1) is 13.8 Å². The third kappa shape index (κ3) is 6.81. The molecule has 0 saturated carbocycles. The van der Waals surface area contributed by atoms with Crippen LogP contribution in [-0.2, 0) is 27.4 Å². The van der Waals surface area contributed by atoms with Crippen LogP contribution in [0.25, 0.3) is 0 Å². The highest BCUT2D eigenvalue weighted by molar-refractivity contribution is 6.35. The predicted octanol–water partition coefficient (Wildman–Crippen LogP) is 6.68. The molecular weight excluding hydrogens is 459 g/mol. The van der Waals surface area contributed by atoms with Gasteiger partial charge in [-0.05, 0) is 56.4 Å². The summed E-state index contributed by atoms with van der Waals surface area (Å²) in [5, 5.41) is 1.18. The molecule has 0 N–H and O–H groups in total. The van der Waals surface area contributed by atoms with Gasteiger partial charge in [0.05, 0.1) is 32.2 Å². The fraction of sp³-hybridized carbons (Fsp3) is 0.423. The molecule has 1 aromatic heterocycles. The first-order valence-corrected chi connectivity index (χ1v) is 12.1. The van der Waals surface area contributed by atoms with E-state index >= 15 is 0 Å². The Balaban J connectivity index is 1.37. The Hall–Kier alpha value is -1.89. The van der Waals surface area contributed by atoms with E-state index in [4.69, 9.17) is 37.4 Å². The van der Waals surface area contributed by atoms with E-state index < -0.39 is 0 Å². The maximum atomic E-state index is 6.51.